The number of tetrazole rings is 1. The van der Waals surface area contributed by atoms with Crippen LogP contribution in [0, 0.1) is 0 Å². The smallest absolute Gasteiger partial charge is 0.251 e. The summed E-state index contributed by atoms with van der Waals surface area (Å²) in [4.78, 5) is 17.5. The number of anilines is 1. The Morgan fingerprint density at radius 1 is 1.25 bits per heavy atom. The van der Waals surface area contributed by atoms with Crippen molar-refractivity contribution in [3.63, 3.8) is 0 Å². The van der Waals surface area contributed by atoms with E-state index in [2.05, 4.69) is 25.8 Å². The van der Waals surface area contributed by atoms with E-state index in [1.807, 2.05) is 55.5 Å². The fourth-order valence-electron chi connectivity index (χ4n) is 2.86. The van der Waals surface area contributed by atoms with Gasteiger partial charge >= 0.3 is 0 Å². The van der Waals surface area contributed by atoms with Gasteiger partial charge in [0.1, 0.15) is 18.1 Å². The number of ether oxygens (including phenoxy) is 1. The van der Waals surface area contributed by atoms with Crippen LogP contribution in [0.4, 0.5) is 5.13 Å². The Labute approximate surface area is 165 Å². The molecule has 0 aliphatic heterocycles. The van der Waals surface area contributed by atoms with Crippen LogP contribution in [-0.4, -0.2) is 37.7 Å². The molecular formula is C19H18N6O2S. The van der Waals surface area contributed by atoms with E-state index >= 15 is 0 Å². The molecule has 0 saturated heterocycles. The lowest BCUT2D eigenvalue weighted by molar-refractivity contribution is -0.119. The number of nitrogens with one attached hydrogen (secondary N) is 1. The maximum Gasteiger partial charge on any atom is 0.251 e. The summed E-state index contributed by atoms with van der Waals surface area (Å²) < 4.78 is 7.93. The van der Waals surface area contributed by atoms with E-state index in [9.17, 15) is 4.79 Å². The van der Waals surface area contributed by atoms with Gasteiger partial charge in [-0.1, -0.05) is 41.7 Å². The largest absolute Gasteiger partial charge is 0.494 e. The van der Waals surface area contributed by atoms with Gasteiger partial charge in [-0.2, -0.15) is 0 Å². The molecule has 142 valence electrons. The summed E-state index contributed by atoms with van der Waals surface area (Å²) in [5.41, 5.74) is 1.83. The molecule has 9 heteroatoms. The lowest BCUT2D eigenvalue weighted by Gasteiger charge is -2.15. The molecule has 0 unspecified atom stereocenters. The predicted octanol–water partition coefficient (Wildman–Crippen LogP) is 3.10. The zero-order valence-electron chi connectivity index (χ0n) is 15.1. The first kappa shape index (κ1) is 18.1. The molecule has 2 heterocycles. The molecule has 8 nitrogen and oxygen atoms in total. The molecule has 0 saturated carbocycles. The summed E-state index contributed by atoms with van der Waals surface area (Å²) in [6.07, 6.45) is 1.91. The zero-order chi connectivity index (χ0) is 19.3. The number of benzene rings is 2. The van der Waals surface area contributed by atoms with Gasteiger partial charge in [-0.05, 0) is 41.1 Å². The van der Waals surface area contributed by atoms with Crippen LogP contribution in [0.1, 0.15) is 18.5 Å². The van der Waals surface area contributed by atoms with Crippen molar-refractivity contribution in [3.05, 3.63) is 60.4 Å². The maximum atomic E-state index is 13.0. The zero-order valence-corrected chi connectivity index (χ0v) is 16.0. The van der Waals surface area contributed by atoms with Crippen LogP contribution < -0.4 is 10.1 Å². The van der Waals surface area contributed by atoms with Gasteiger partial charge in [-0.25, -0.2) is 9.67 Å². The topological polar surface area (TPSA) is 94.8 Å². The molecule has 4 aromatic rings. The van der Waals surface area contributed by atoms with Crippen molar-refractivity contribution < 1.29 is 9.53 Å². The fourth-order valence-corrected chi connectivity index (χ4v) is 3.76. The van der Waals surface area contributed by atoms with E-state index in [0.29, 0.717) is 18.2 Å². The molecule has 1 N–H and O–H groups in total. The van der Waals surface area contributed by atoms with Crippen LogP contribution in [0.2, 0.25) is 0 Å². The number of rotatable bonds is 7. The van der Waals surface area contributed by atoms with Crippen LogP contribution in [0.3, 0.4) is 0 Å². The van der Waals surface area contributed by atoms with Crippen molar-refractivity contribution >= 4 is 32.6 Å². The van der Waals surface area contributed by atoms with E-state index in [1.165, 1.54) is 22.3 Å². The standard InChI is InChI=1S/C19H18N6O2S/c1-2-27-14-8-9-15-17(11-14)28-19(21-15)22-18(26)16(25-12-20-23-24-25)10-13-6-4-3-5-7-13/h3-9,11-12,16H,2,10H2,1H3,(H,21,22,26)/t16-/m0/s1. The number of amides is 1. The molecule has 28 heavy (non-hydrogen) atoms. The van der Waals surface area contributed by atoms with Crippen LogP contribution in [0.15, 0.2) is 54.9 Å². The highest BCUT2D eigenvalue weighted by molar-refractivity contribution is 7.22. The number of carbonyl (C=O) groups is 1. The summed E-state index contributed by atoms with van der Waals surface area (Å²) in [5.74, 6) is 0.562. The summed E-state index contributed by atoms with van der Waals surface area (Å²) >= 11 is 1.40. The first-order chi connectivity index (χ1) is 13.7. The third-order valence-corrected chi connectivity index (χ3v) is 5.09. The van der Waals surface area contributed by atoms with Crippen LogP contribution >= 0.6 is 11.3 Å². The molecule has 1 atom stereocenters. The van der Waals surface area contributed by atoms with Crippen molar-refractivity contribution in [1.29, 1.82) is 0 Å². The van der Waals surface area contributed by atoms with Gasteiger partial charge in [0, 0.05) is 6.42 Å². The number of nitrogens with zero attached hydrogens (tertiary/aromatic N) is 5. The predicted molar refractivity (Wildman–Crippen MR) is 106 cm³/mol. The highest BCUT2D eigenvalue weighted by atomic mass is 32.1. The Hall–Kier alpha value is -3.33. The second-order valence-corrected chi connectivity index (χ2v) is 7.10. The Morgan fingerprint density at radius 3 is 2.86 bits per heavy atom. The molecule has 0 aliphatic carbocycles. The van der Waals surface area contributed by atoms with Gasteiger partial charge in [0.2, 0.25) is 0 Å². The molecule has 0 aliphatic rings. The second kappa shape index (κ2) is 8.13. The molecule has 2 aromatic carbocycles. The van der Waals surface area contributed by atoms with Crippen LogP contribution in [-0.2, 0) is 11.2 Å². The average Bonchev–Trinajstić information content (AvgIpc) is 3.36. The van der Waals surface area contributed by atoms with E-state index in [1.54, 1.807) is 0 Å². The van der Waals surface area contributed by atoms with Gasteiger partial charge < -0.3 is 10.1 Å². The normalized spacial score (nSPS) is 12.0. The van der Waals surface area contributed by atoms with Crippen LogP contribution in [0.5, 0.6) is 5.75 Å². The molecule has 2 aromatic heterocycles. The van der Waals surface area contributed by atoms with Crippen molar-refractivity contribution in [2.24, 2.45) is 0 Å². The quantitative estimate of drug-likeness (QED) is 0.518. The first-order valence-electron chi connectivity index (χ1n) is 8.83. The molecule has 4 rings (SSSR count). The summed E-state index contributed by atoms with van der Waals surface area (Å²) in [6, 6.07) is 14.9. The Morgan fingerprint density at radius 2 is 2.11 bits per heavy atom. The first-order valence-corrected chi connectivity index (χ1v) is 9.65. The van der Waals surface area contributed by atoms with Gasteiger partial charge in [-0.15, -0.1) is 5.10 Å². The lowest BCUT2D eigenvalue weighted by atomic mass is 10.1. The SMILES string of the molecule is CCOc1ccc2nc(NC(=O)[C@H](Cc3ccccc3)n3cnnn3)sc2c1. The minimum atomic E-state index is -0.580. The van der Waals surface area contributed by atoms with Gasteiger partial charge in [0.25, 0.3) is 5.91 Å². The van der Waals surface area contributed by atoms with Crippen molar-refractivity contribution in [2.75, 3.05) is 11.9 Å². The minimum Gasteiger partial charge on any atom is -0.494 e. The summed E-state index contributed by atoms with van der Waals surface area (Å²) in [6.45, 7) is 2.54. The maximum absolute atomic E-state index is 13.0. The molecular weight excluding hydrogens is 376 g/mol. The van der Waals surface area contributed by atoms with Gasteiger partial charge in [0.05, 0.1) is 16.8 Å². The highest BCUT2D eigenvalue weighted by Gasteiger charge is 2.23. The highest BCUT2D eigenvalue weighted by Crippen LogP contribution is 2.30. The van der Waals surface area contributed by atoms with E-state index < -0.39 is 6.04 Å². The molecule has 0 bridgehead atoms. The number of carbonyl (C=O) groups excluding carboxylic acids is 1. The lowest BCUT2D eigenvalue weighted by Crippen LogP contribution is -2.28. The number of fused-ring (bicyclic) bond motifs is 1. The second-order valence-electron chi connectivity index (χ2n) is 6.07. The summed E-state index contributed by atoms with van der Waals surface area (Å²) in [7, 11) is 0. The van der Waals surface area contributed by atoms with Crippen LogP contribution in [0.25, 0.3) is 10.2 Å². The van der Waals surface area contributed by atoms with E-state index in [-0.39, 0.29) is 5.91 Å². The average molecular weight is 394 g/mol. The van der Waals surface area contributed by atoms with E-state index in [0.717, 1.165) is 21.5 Å². The number of hydrogen-bond donors (Lipinski definition) is 1. The molecule has 0 radical (unpaired) electrons. The van der Waals surface area contributed by atoms with Gasteiger partial charge in [0.15, 0.2) is 5.13 Å². The van der Waals surface area contributed by atoms with Crippen molar-refractivity contribution in [2.45, 2.75) is 19.4 Å². The minimum absolute atomic E-state index is 0.222. The number of thiazole rings is 1. The Kier molecular flexibility index (Phi) is 5.24. The Bertz CT molecular complexity index is 1060. The monoisotopic (exact) mass is 394 g/mol. The summed E-state index contributed by atoms with van der Waals surface area (Å²) in [5, 5.41) is 14.7. The molecule has 0 fully saturated rings. The fraction of sp³-hybridized carbons (Fsp3) is 0.211. The van der Waals surface area contributed by atoms with E-state index in [4.69, 9.17) is 4.74 Å². The molecule has 0 spiro atoms. The molecule has 1 amide bonds. The van der Waals surface area contributed by atoms with Crippen molar-refractivity contribution in [3.8, 4) is 5.75 Å². The third-order valence-electron chi connectivity index (χ3n) is 4.16. The number of aromatic nitrogens is 5. The number of hydrogen-bond acceptors (Lipinski definition) is 7. The Balaban J connectivity index is 1.56. The van der Waals surface area contributed by atoms with Crippen molar-refractivity contribution in [1.82, 2.24) is 25.2 Å². The van der Waals surface area contributed by atoms with Gasteiger partial charge in [-0.3, -0.25) is 4.79 Å². The third kappa shape index (κ3) is 3.99.